The summed E-state index contributed by atoms with van der Waals surface area (Å²) in [6, 6.07) is 12.1. The number of thiazole rings is 1. The van der Waals surface area contributed by atoms with E-state index in [-0.39, 0.29) is 0 Å². The van der Waals surface area contributed by atoms with Crippen molar-refractivity contribution in [2.45, 2.75) is 42.8 Å². The van der Waals surface area contributed by atoms with E-state index in [9.17, 15) is 9.90 Å². The zero-order valence-electron chi connectivity index (χ0n) is 18.7. The highest BCUT2D eigenvalue weighted by Gasteiger charge is 2.29. The maximum atomic E-state index is 11.4. The van der Waals surface area contributed by atoms with Crippen LogP contribution in [0.2, 0.25) is 0 Å². The van der Waals surface area contributed by atoms with Crippen LogP contribution in [0.15, 0.2) is 58.5 Å². The predicted molar refractivity (Wildman–Crippen MR) is 131 cm³/mol. The minimum absolute atomic E-state index is 0.673. The topological polar surface area (TPSA) is 99.9 Å². The predicted octanol–water partition coefficient (Wildman–Crippen LogP) is 4.56. The summed E-state index contributed by atoms with van der Waals surface area (Å²) in [4.78, 5) is 18.3. The van der Waals surface area contributed by atoms with Gasteiger partial charge in [0.05, 0.1) is 23.3 Å². The van der Waals surface area contributed by atoms with Crippen LogP contribution in [-0.4, -0.2) is 47.3 Å². The Morgan fingerprint density at radius 1 is 1.30 bits per heavy atom. The van der Waals surface area contributed by atoms with Gasteiger partial charge in [-0.3, -0.25) is 9.89 Å². The first-order valence-corrected chi connectivity index (χ1v) is 12.2. The first-order chi connectivity index (χ1) is 15.8. The number of nitrogens with one attached hydrogen (secondary N) is 1. The number of anilines is 1. The van der Waals surface area contributed by atoms with Gasteiger partial charge >= 0.3 is 5.97 Å². The van der Waals surface area contributed by atoms with E-state index in [0.29, 0.717) is 6.54 Å². The molecule has 0 fully saturated rings. The van der Waals surface area contributed by atoms with Crippen molar-refractivity contribution in [3.8, 4) is 5.69 Å². The molecule has 4 aromatic rings. The second kappa shape index (κ2) is 9.80. The third kappa shape index (κ3) is 5.82. The lowest BCUT2D eigenvalue weighted by molar-refractivity contribution is -0.138. The molecule has 0 aliphatic carbocycles. The number of aryl methyl sites for hydroxylation is 1. The molecule has 8 nitrogen and oxygen atoms in total. The number of para-hydroxylation sites is 1. The van der Waals surface area contributed by atoms with E-state index in [1.807, 2.05) is 65.8 Å². The molecule has 4 rings (SSSR count). The van der Waals surface area contributed by atoms with Crippen molar-refractivity contribution in [1.29, 1.82) is 0 Å². The van der Waals surface area contributed by atoms with Gasteiger partial charge in [-0.15, -0.1) is 11.3 Å². The third-order valence-corrected chi connectivity index (χ3v) is 7.26. The molecule has 0 radical (unpaired) electrons. The van der Waals surface area contributed by atoms with Crippen LogP contribution in [0.25, 0.3) is 5.69 Å². The van der Waals surface area contributed by atoms with Crippen LogP contribution in [0.1, 0.15) is 30.8 Å². The number of thioether (sulfide) groups is 1. The number of hydrogen-bond acceptors (Lipinski definition) is 7. The lowest BCUT2D eigenvalue weighted by Crippen LogP contribution is -2.27. The summed E-state index contributed by atoms with van der Waals surface area (Å²) < 4.78 is 1.73. The summed E-state index contributed by atoms with van der Waals surface area (Å²) in [6.07, 6.45) is 4.65. The molecular formula is C23H26N6O2S2. The molecule has 0 unspecified atom stereocenters. The number of nitrogens with zero attached hydrogens (tertiary/aromatic N) is 5. The van der Waals surface area contributed by atoms with E-state index < -0.39 is 10.7 Å². The van der Waals surface area contributed by atoms with Crippen molar-refractivity contribution in [2.75, 3.05) is 11.4 Å². The molecule has 0 aliphatic heterocycles. The van der Waals surface area contributed by atoms with E-state index in [1.54, 1.807) is 13.8 Å². The fraction of sp³-hybridized carbons (Fsp3) is 0.304. The third-order valence-electron chi connectivity index (χ3n) is 5.09. The Morgan fingerprint density at radius 2 is 2.09 bits per heavy atom. The molecule has 10 heteroatoms. The molecule has 0 saturated heterocycles. The monoisotopic (exact) mass is 482 g/mol. The molecule has 0 bridgehead atoms. The number of aromatic amines is 1. The Hall–Kier alpha value is -3.11. The van der Waals surface area contributed by atoms with E-state index in [0.717, 1.165) is 45.8 Å². The zero-order chi connectivity index (χ0) is 23.4. The Morgan fingerprint density at radius 3 is 2.79 bits per heavy atom. The Labute approximate surface area is 200 Å². The molecule has 3 aromatic heterocycles. The van der Waals surface area contributed by atoms with Gasteiger partial charge in [0.25, 0.3) is 0 Å². The van der Waals surface area contributed by atoms with Crippen LogP contribution in [0.4, 0.5) is 5.82 Å². The van der Waals surface area contributed by atoms with Gasteiger partial charge in [0.1, 0.15) is 10.6 Å². The quantitative estimate of drug-likeness (QED) is 0.320. The summed E-state index contributed by atoms with van der Waals surface area (Å²) in [7, 11) is 0. The highest BCUT2D eigenvalue weighted by Crippen LogP contribution is 2.34. The summed E-state index contributed by atoms with van der Waals surface area (Å²) in [5, 5.41) is 23.3. The van der Waals surface area contributed by atoms with Gasteiger partial charge in [-0.1, -0.05) is 30.0 Å². The Kier molecular flexibility index (Phi) is 6.85. The summed E-state index contributed by atoms with van der Waals surface area (Å²) in [5.41, 5.74) is 3.98. The van der Waals surface area contributed by atoms with Crippen LogP contribution in [0, 0.1) is 6.92 Å². The van der Waals surface area contributed by atoms with Gasteiger partial charge in [0.2, 0.25) is 0 Å². The van der Waals surface area contributed by atoms with Gasteiger partial charge in [-0.05, 0) is 32.9 Å². The molecule has 0 atom stereocenters. The standard InChI is InChI=1S/C23H26N6O2S2/c1-16-11-20(27-26-16)28(13-17-12-24-29(14-17)19-7-5-4-6-8-19)10-9-18-15-32-22(25-18)33-23(2,3)21(30)31/h4-8,11-12,14-15H,9-10,13H2,1-3H3,(H,26,27)(H,30,31). The number of aromatic nitrogens is 5. The fourth-order valence-corrected chi connectivity index (χ4v) is 5.43. The number of carboxylic acid groups (broad SMARTS) is 1. The average Bonchev–Trinajstić information content (AvgIpc) is 3.53. The SMILES string of the molecule is Cc1cc(N(CCc2csc(SC(C)(C)C(=O)O)n2)Cc2cnn(-c3ccccc3)c2)[nH]n1. The average molecular weight is 483 g/mol. The van der Waals surface area contributed by atoms with Crippen LogP contribution >= 0.6 is 23.1 Å². The second-order valence-electron chi connectivity index (χ2n) is 8.22. The molecule has 3 heterocycles. The minimum Gasteiger partial charge on any atom is -0.480 e. The van der Waals surface area contributed by atoms with Gasteiger partial charge in [-0.25, -0.2) is 9.67 Å². The van der Waals surface area contributed by atoms with Crippen LogP contribution in [0.3, 0.4) is 0 Å². The van der Waals surface area contributed by atoms with Gasteiger partial charge in [0, 0.05) is 42.7 Å². The molecular weight excluding hydrogens is 456 g/mol. The number of rotatable bonds is 10. The molecule has 2 N–H and O–H groups in total. The van der Waals surface area contributed by atoms with Crippen molar-refractivity contribution in [2.24, 2.45) is 0 Å². The normalized spacial score (nSPS) is 11.6. The van der Waals surface area contributed by atoms with Crippen molar-refractivity contribution in [1.82, 2.24) is 25.0 Å². The lowest BCUT2D eigenvalue weighted by Gasteiger charge is -2.21. The number of benzene rings is 1. The highest BCUT2D eigenvalue weighted by molar-refractivity contribution is 8.02. The number of carbonyl (C=O) groups is 1. The maximum absolute atomic E-state index is 11.4. The molecule has 0 aliphatic rings. The molecule has 172 valence electrons. The van der Waals surface area contributed by atoms with Crippen molar-refractivity contribution in [3.05, 3.63) is 71.1 Å². The van der Waals surface area contributed by atoms with E-state index in [1.165, 1.54) is 23.1 Å². The molecule has 0 saturated carbocycles. The molecule has 0 spiro atoms. The first-order valence-electron chi connectivity index (χ1n) is 10.5. The maximum Gasteiger partial charge on any atom is 0.319 e. The lowest BCUT2D eigenvalue weighted by atomic mass is 10.2. The number of H-pyrrole nitrogens is 1. The number of carboxylic acids is 1. The Bertz CT molecular complexity index is 1210. The minimum atomic E-state index is -0.909. The van der Waals surface area contributed by atoms with Crippen molar-refractivity contribution in [3.63, 3.8) is 0 Å². The van der Waals surface area contributed by atoms with E-state index in [2.05, 4.69) is 25.2 Å². The van der Waals surface area contributed by atoms with Gasteiger partial charge in [0.15, 0.2) is 4.34 Å². The summed E-state index contributed by atoms with van der Waals surface area (Å²) >= 11 is 2.77. The van der Waals surface area contributed by atoms with Crippen LogP contribution < -0.4 is 4.90 Å². The molecule has 0 amide bonds. The van der Waals surface area contributed by atoms with Gasteiger partial charge in [-0.2, -0.15) is 10.2 Å². The smallest absolute Gasteiger partial charge is 0.319 e. The first kappa shape index (κ1) is 23.1. The van der Waals surface area contributed by atoms with E-state index in [4.69, 9.17) is 0 Å². The van der Waals surface area contributed by atoms with Crippen molar-refractivity contribution < 1.29 is 9.90 Å². The van der Waals surface area contributed by atoms with E-state index >= 15 is 0 Å². The van der Waals surface area contributed by atoms with Crippen molar-refractivity contribution >= 4 is 34.9 Å². The number of hydrogen-bond donors (Lipinski definition) is 2. The van der Waals surface area contributed by atoms with Gasteiger partial charge < -0.3 is 10.0 Å². The summed E-state index contributed by atoms with van der Waals surface area (Å²) in [6.45, 7) is 6.75. The zero-order valence-corrected chi connectivity index (χ0v) is 20.4. The van der Waals surface area contributed by atoms with Crippen LogP contribution in [-0.2, 0) is 17.8 Å². The van der Waals surface area contributed by atoms with Crippen LogP contribution in [0.5, 0.6) is 0 Å². The second-order valence-corrected chi connectivity index (χ2v) is 10.9. The summed E-state index contributed by atoms with van der Waals surface area (Å²) in [5.74, 6) is 0.0953. The largest absolute Gasteiger partial charge is 0.480 e. The Balaban J connectivity index is 1.45. The number of aliphatic carboxylic acids is 1. The molecule has 33 heavy (non-hydrogen) atoms. The molecule has 1 aromatic carbocycles. The fourth-order valence-electron chi connectivity index (χ4n) is 3.20. The highest BCUT2D eigenvalue weighted by atomic mass is 32.2.